The standard InChI is InChI=1S/C22H24ClFN2O3S/c23-18-7-11-20(12-8-18)30(28,29)25-13-1-3-17(15-25)22(27)26-14-2-4-21(26)16-5-9-19(24)10-6-16/h5-12,17,21H,1-4,13-15H2/t17-,21+/m0/s1. The summed E-state index contributed by atoms with van der Waals surface area (Å²) in [7, 11) is -3.68. The molecule has 8 heteroatoms. The maximum atomic E-state index is 13.3. The Kier molecular flexibility index (Phi) is 6.14. The molecule has 2 atom stereocenters. The summed E-state index contributed by atoms with van der Waals surface area (Å²) in [6, 6.07) is 12.3. The summed E-state index contributed by atoms with van der Waals surface area (Å²) in [5.74, 6) is -0.690. The Morgan fingerprint density at radius 2 is 1.63 bits per heavy atom. The first-order valence-electron chi connectivity index (χ1n) is 10.2. The molecule has 0 N–H and O–H groups in total. The second-order valence-corrected chi connectivity index (χ2v) is 10.3. The molecule has 2 fully saturated rings. The molecule has 160 valence electrons. The molecule has 2 aromatic carbocycles. The van der Waals surface area contributed by atoms with E-state index in [1.165, 1.54) is 28.6 Å². The van der Waals surface area contributed by atoms with Gasteiger partial charge < -0.3 is 4.90 Å². The van der Waals surface area contributed by atoms with Crippen LogP contribution in [-0.4, -0.2) is 43.2 Å². The van der Waals surface area contributed by atoms with Crippen LogP contribution in [-0.2, 0) is 14.8 Å². The molecule has 30 heavy (non-hydrogen) atoms. The molecule has 2 aromatic rings. The van der Waals surface area contributed by atoms with Crippen LogP contribution in [0.1, 0.15) is 37.3 Å². The first-order valence-corrected chi connectivity index (χ1v) is 12.0. The van der Waals surface area contributed by atoms with Crippen molar-refractivity contribution in [1.82, 2.24) is 9.21 Å². The zero-order chi connectivity index (χ0) is 21.3. The third-order valence-electron chi connectivity index (χ3n) is 5.98. The first-order chi connectivity index (χ1) is 14.4. The van der Waals surface area contributed by atoms with Crippen LogP contribution < -0.4 is 0 Å². The molecule has 2 saturated heterocycles. The van der Waals surface area contributed by atoms with Gasteiger partial charge in [0.15, 0.2) is 0 Å². The number of hydrogen-bond donors (Lipinski definition) is 0. The quantitative estimate of drug-likeness (QED) is 0.699. The lowest BCUT2D eigenvalue weighted by Gasteiger charge is -2.35. The lowest BCUT2D eigenvalue weighted by molar-refractivity contribution is -0.137. The topological polar surface area (TPSA) is 57.7 Å². The summed E-state index contributed by atoms with van der Waals surface area (Å²) >= 11 is 5.88. The van der Waals surface area contributed by atoms with Crippen LogP contribution in [0.4, 0.5) is 4.39 Å². The monoisotopic (exact) mass is 450 g/mol. The van der Waals surface area contributed by atoms with E-state index in [-0.39, 0.29) is 35.1 Å². The van der Waals surface area contributed by atoms with Gasteiger partial charge in [-0.15, -0.1) is 0 Å². The van der Waals surface area contributed by atoms with E-state index in [0.29, 0.717) is 31.0 Å². The van der Waals surface area contributed by atoms with E-state index in [4.69, 9.17) is 11.6 Å². The molecular weight excluding hydrogens is 427 g/mol. The van der Waals surface area contributed by atoms with Gasteiger partial charge in [-0.25, -0.2) is 12.8 Å². The lowest BCUT2D eigenvalue weighted by Crippen LogP contribution is -2.46. The lowest BCUT2D eigenvalue weighted by atomic mass is 9.96. The van der Waals surface area contributed by atoms with Gasteiger partial charge in [-0.1, -0.05) is 23.7 Å². The second-order valence-electron chi connectivity index (χ2n) is 7.90. The first kappa shape index (κ1) is 21.3. The van der Waals surface area contributed by atoms with Gasteiger partial charge in [-0.05, 0) is 67.6 Å². The molecule has 2 aliphatic rings. The maximum absolute atomic E-state index is 13.3. The fraction of sp³-hybridized carbons (Fsp3) is 0.409. The Morgan fingerprint density at radius 1 is 0.967 bits per heavy atom. The fourth-order valence-corrected chi connectivity index (χ4v) is 6.06. The van der Waals surface area contributed by atoms with Crippen LogP contribution in [0.3, 0.4) is 0 Å². The molecule has 0 spiro atoms. The molecule has 0 unspecified atom stereocenters. The number of halogens is 2. The summed E-state index contributed by atoms with van der Waals surface area (Å²) < 4.78 is 40.8. The molecule has 0 aliphatic carbocycles. The smallest absolute Gasteiger partial charge is 0.243 e. The van der Waals surface area contributed by atoms with Crippen molar-refractivity contribution in [2.75, 3.05) is 19.6 Å². The highest BCUT2D eigenvalue weighted by molar-refractivity contribution is 7.89. The largest absolute Gasteiger partial charge is 0.335 e. The number of carbonyl (C=O) groups is 1. The highest BCUT2D eigenvalue weighted by Crippen LogP contribution is 2.35. The molecule has 0 bridgehead atoms. The number of sulfonamides is 1. The van der Waals surface area contributed by atoms with Crippen LogP contribution in [0.25, 0.3) is 0 Å². The van der Waals surface area contributed by atoms with E-state index in [2.05, 4.69) is 0 Å². The van der Waals surface area contributed by atoms with Crippen LogP contribution in [0.5, 0.6) is 0 Å². The Hall–Kier alpha value is -1.96. The number of carbonyl (C=O) groups excluding carboxylic acids is 1. The van der Waals surface area contributed by atoms with Crippen molar-refractivity contribution in [2.45, 2.75) is 36.6 Å². The molecular formula is C22H24ClFN2O3S. The Bertz CT molecular complexity index is 1010. The Morgan fingerprint density at radius 3 is 2.33 bits per heavy atom. The Labute approximate surface area is 181 Å². The predicted octanol–water partition coefficient (Wildman–Crippen LogP) is 4.24. The molecule has 0 saturated carbocycles. The maximum Gasteiger partial charge on any atom is 0.243 e. The van der Waals surface area contributed by atoms with Crippen molar-refractivity contribution in [1.29, 1.82) is 0 Å². The molecule has 0 aromatic heterocycles. The summed E-state index contributed by atoms with van der Waals surface area (Å²) in [6.45, 7) is 1.22. The van der Waals surface area contributed by atoms with Gasteiger partial charge in [0, 0.05) is 24.7 Å². The van der Waals surface area contributed by atoms with Crippen LogP contribution in [0.15, 0.2) is 53.4 Å². The number of hydrogen-bond acceptors (Lipinski definition) is 3. The normalized spacial score (nSPS) is 22.9. The third-order valence-corrected chi connectivity index (χ3v) is 8.11. The van der Waals surface area contributed by atoms with Crippen molar-refractivity contribution < 1.29 is 17.6 Å². The van der Waals surface area contributed by atoms with Gasteiger partial charge in [0.2, 0.25) is 15.9 Å². The van der Waals surface area contributed by atoms with Crippen molar-refractivity contribution in [2.24, 2.45) is 5.92 Å². The molecule has 2 heterocycles. The van der Waals surface area contributed by atoms with Crippen molar-refractivity contribution >= 4 is 27.5 Å². The van der Waals surface area contributed by atoms with Crippen molar-refractivity contribution in [3.8, 4) is 0 Å². The molecule has 2 aliphatic heterocycles. The SMILES string of the molecule is O=C([C@H]1CCCN(S(=O)(=O)c2ccc(Cl)cc2)C1)N1CCC[C@@H]1c1ccc(F)cc1. The zero-order valence-electron chi connectivity index (χ0n) is 16.5. The second kappa shape index (κ2) is 8.65. The van der Waals surface area contributed by atoms with E-state index >= 15 is 0 Å². The van der Waals surface area contributed by atoms with Crippen LogP contribution in [0, 0.1) is 11.7 Å². The summed E-state index contributed by atoms with van der Waals surface area (Å²) in [6.07, 6.45) is 3.01. The number of rotatable bonds is 4. The van der Waals surface area contributed by atoms with Gasteiger partial charge in [0.1, 0.15) is 5.82 Å². The number of amides is 1. The van der Waals surface area contributed by atoms with E-state index in [0.717, 1.165) is 18.4 Å². The predicted molar refractivity (Wildman–Crippen MR) is 113 cm³/mol. The zero-order valence-corrected chi connectivity index (χ0v) is 18.1. The highest BCUT2D eigenvalue weighted by Gasteiger charge is 2.38. The van der Waals surface area contributed by atoms with Crippen molar-refractivity contribution in [3.05, 3.63) is 64.9 Å². The van der Waals surface area contributed by atoms with Crippen molar-refractivity contribution in [3.63, 3.8) is 0 Å². The average Bonchev–Trinajstić information content (AvgIpc) is 3.24. The van der Waals surface area contributed by atoms with E-state index in [1.54, 1.807) is 24.3 Å². The van der Waals surface area contributed by atoms with Crippen LogP contribution >= 0.6 is 11.6 Å². The fourth-order valence-electron chi connectivity index (χ4n) is 4.41. The van der Waals surface area contributed by atoms with E-state index in [1.807, 2.05) is 4.90 Å². The van der Waals surface area contributed by atoms with E-state index < -0.39 is 10.0 Å². The number of likely N-dealkylation sites (tertiary alicyclic amines) is 1. The number of piperidine rings is 1. The summed E-state index contributed by atoms with van der Waals surface area (Å²) in [5.41, 5.74) is 0.920. The summed E-state index contributed by atoms with van der Waals surface area (Å²) in [5, 5.41) is 0.474. The van der Waals surface area contributed by atoms with Gasteiger partial charge in [-0.2, -0.15) is 4.31 Å². The molecule has 4 rings (SSSR count). The van der Waals surface area contributed by atoms with Gasteiger partial charge >= 0.3 is 0 Å². The Balaban J connectivity index is 1.50. The molecule has 1 amide bonds. The molecule has 5 nitrogen and oxygen atoms in total. The minimum Gasteiger partial charge on any atom is -0.335 e. The van der Waals surface area contributed by atoms with Crippen LogP contribution in [0.2, 0.25) is 5.02 Å². The molecule has 0 radical (unpaired) electrons. The number of benzene rings is 2. The van der Waals surface area contributed by atoms with Gasteiger partial charge in [0.25, 0.3) is 0 Å². The minimum absolute atomic E-state index is 0.0159. The minimum atomic E-state index is -3.68. The van der Waals surface area contributed by atoms with Gasteiger partial charge in [0.05, 0.1) is 16.9 Å². The number of nitrogens with zero attached hydrogens (tertiary/aromatic N) is 2. The van der Waals surface area contributed by atoms with E-state index in [9.17, 15) is 17.6 Å². The summed E-state index contributed by atoms with van der Waals surface area (Å²) in [4.78, 5) is 15.3. The third kappa shape index (κ3) is 4.24. The average molecular weight is 451 g/mol. The highest BCUT2D eigenvalue weighted by atomic mass is 35.5. The van der Waals surface area contributed by atoms with Gasteiger partial charge in [-0.3, -0.25) is 4.79 Å².